The van der Waals surface area contributed by atoms with Crippen molar-refractivity contribution in [2.45, 2.75) is 19.3 Å². The van der Waals surface area contributed by atoms with Gasteiger partial charge in [-0.05, 0) is 43.5 Å². The maximum Gasteiger partial charge on any atom is 0.274 e. The molecule has 2 N–H and O–H groups in total. The van der Waals surface area contributed by atoms with E-state index in [0.717, 1.165) is 35.1 Å². The van der Waals surface area contributed by atoms with Gasteiger partial charge in [0.1, 0.15) is 17.7 Å². The molecule has 0 unspecified atom stereocenters. The zero-order chi connectivity index (χ0) is 18.9. The summed E-state index contributed by atoms with van der Waals surface area (Å²) in [4.78, 5) is 18.1. The van der Waals surface area contributed by atoms with Gasteiger partial charge in [0.15, 0.2) is 0 Å². The van der Waals surface area contributed by atoms with Crippen LogP contribution in [0.4, 0.5) is 0 Å². The van der Waals surface area contributed by atoms with Gasteiger partial charge in [0.25, 0.3) is 5.91 Å². The molecule has 140 valence electrons. The van der Waals surface area contributed by atoms with Gasteiger partial charge < -0.3 is 14.6 Å². The van der Waals surface area contributed by atoms with Gasteiger partial charge in [0.05, 0.1) is 5.70 Å². The first-order chi connectivity index (χ1) is 13.8. The van der Waals surface area contributed by atoms with Gasteiger partial charge in [-0.2, -0.15) is 0 Å². The topological polar surface area (TPSA) is 57.4 Å². The Labute approximate surface area is 163 Å². The van der Waals surface area contributed by atoms with Crippen molar-refractivity contribution in [1.82, 2.24) is 15.2 Å². The first kappa shape index (κ1) is 16.7. The Kier molecular flexibility index (Phi) is 4.13. The molecule has 0 fully saturated rings. The van der Waals surface area contributed by atoms with E-state index in [2.05, 4.69) is 27.4 Å². The number of hydrogen-bond acceptors (Lipinski definition) is 3. The number of nitrogens with one attached hydrogen (secondary N) is 2. The Morgan fingerprint density at radius 3 is 3.04 bits per heavy atom. The second-order valence-corrected chi connectivity index (χ2v) is 7.14. The lowest BCUT2D eigenvalue weighted by Gasteiger charge is -2.35. The zero-order valence-corrected chi connectivity index (χ0v) is 15.4. The minimum atomic E-state index is -0.226. The molecule has 5 heteroatoms. The van der Waals surface area contributed by atoms with Crippen LogP contribution in [-0.2, 0) is 4.74 Å². The van der Waals surface area contributed by atoms with Crippen LogP contribution in [0.2, 0.25) is 0 Å². The van der Waals surface area contributed by atoms with Gasteiger partial charge in [-0.25, -0.2) is 0 Å². The van der Waals surface area contributed by atoms with Crippen molar-refractivity contribution in [2.24, 2.45) is 5.92 Å². The largest absolute Gasteiger partial charge is 0.445 e. The Morgan fingerprint density at radius 2 is 2.18 bits per heavy atom. The van der Waals surface area contributed by atoms with Crippen LogP contribution in [0.25, 0.3) is 10.9 Å². The molecule has 0 bridgehead atoms. The van der Waals surface area contributed by atoms with Crippen LogP contribution in [-0.4, -0.2) is 15.8 Å². The van der Waals surface area contributed by atoms with Crippen molar-refractivity contribution in [3.8, 4) is 0 Å². The molecule has 3 aliphatic rings. The van der Waals surface area contributed by atoms with E-state index in [1.54, 1.807) is 6.26 Å². The Balaban J connectivity index is 1.41. The smallest absolute Gasteiger partial charge is 0.274 e. The molecule has 1 amide bonds. The summed E-state index contributed by atoms with van der Waals surface area (Å²) in [7, 11) is 0. The molecule has 0 radical (unpaired) electrons. The lowest BCUT2D eigenvalue weighted by molar-refractivity contribution is 0.0931. The number of rotatable bonds is 3. The van der Waals surface area contributed by atoms with Crippen molar-refractivity contribution < 1.29 is 9.53 Å². The van der Waals surface area contributed by atoms with Gasteiger partial charge in [0, 0.05) is 23.0 Å². The lowest BCUT2D eigenvalue weighted by Crippen LogP contribution is -2.33. The fraction of sp³-hybridized carbons (Fsp3) is 0.174. The number of ether oxygens (including phenoxy) is 1. The van der Waals surface area contributed by atoms with E-state index < -0.39 is 0 Å². The highest BCUT2D eigenvalue weighted by atomic mass is 16.5. The van der Waals surface area contributed by atoms with Crippen LogP contribution >= 0.6 is 0 Å². The zero-order valence-electron chi connectivity index (χ0n) is 15.4. The average Bonchev–Trinajstić information content (AvgIpc) is 3.19. The quantitative estimate of drug-likeness (QED) is 0.770. The number of aromatic amines is 1. The monoisotopic (exact) mass is 371 g/mol. The van der Waals surface area contributed by atoms with Crippen molar-refractivity contribution in [3.05, 3.63) is 96.1 Å². The normalized spacial score (nSPS) is 20.8. The van der Waals surface area contributed by atoms with Crippen LogP contribution < -0.4 is 5.32 Å². The Bertz CT molecular complexity index is 1050. The highest BCUT2D eigenvalue weighted by Gasteiger charge is 2.28. The van der Waals surface area contributed by atoms with Gasteiger partial charge in [-0.15, -0.1) is 0 Å². The molecular formula is C23H21N3O2. The molecule has 28 heavy (non-hydrogen) atoms. The maximum atomic E-state index is 12.8. The number of hydrogen-bond donors (Lipinski definition) is 2. The van der Waals surface area contributed by atoms with E-state index in [0.29, 0.717) is 17.5 Å². The van der Waals surface area contributed by atoms with Gasteiger partial charge in [0.2, 0.25) is 5.88 Å². The van der Waals surface area contributed by atoms with E-state index in [-0.39, 0.29) is 5.91 Å². The Hall–Kier alpha value is -3.47. The number of aromatic nitrogens is 1. The molecule has 1 aromatic heterocycles. The van der Waals surface area contributed by atoms with Crippen molar-refractivity contribution in [3.63, 3.8) is 0 Å². The molecular weight excluding hydrogens is 350 g/mol. The van der Waals surface area contributed by atoms with Gasteiger partial charge >= 0.3 is 0 Å². The summed E-state index contributed by atoms with van der Waals surface area (Å²) in [6.07, 6.45) is 17.6. The van der Waals surface area contributed by atoms with Crippen molar-refractivity contribution in [2.75, 3.05) is 0 Å². The first-order valence-electron chi connectivity index (χ1n) is 9.60. The number of amides is 1. The van der Waals surface area contributed by atoms with Crippen molar-refractivity contribution in [1.29, 1.82) is 0 Å². The number of fused-ring (bicyclic) bond motifs is 2. The molecule has 1 aliphatic carbocycles. The number of nitrogens with zero attached hydrogens (tertiary/aromatic N) is 1. The lowest BCUT2D eigenvalue weighted by atomic mass is 9.92. The predicted octanol–water partition coefficient (Wildman–Crippen LogP) is 4.68. The summed E-state index contributed by atoms with van der Waals surface area (Å²) in [6, 6.07) is 9.67. The number of carbonyl (C=O) groups is 1. The van der Waals surface area contributed by atoms with E-state index in [1.807, 2.05) is 54.8 Å². The summed E-state index contributed by atoms with van der Waals surface area (Å²) in [5.41, 5.74) is 3.37. The molecule has 5 rings (SSSR count). The molecule has 0 saturated heterocycles. The van der Waals surface area contributed by atoms with Crippen LogP contribution in [0, 0.1) is 5.92 Å². The van der Waals surface area contributed by atoms with E-state index in [9.17, 15) is 4.79 Å². The van der Waals surface area contributed by atoms with E-state index >= 15 is 0 Å². The van der Waals surface area contributed by atoms with Crippen LogP contribution in [0.5, 0.6) is 0 Å². The minimum absolute atomic E-state index is 0.226. The van der Waals surface area contributed by atoms with Crippen LogP contribution in [0.3, 0.4) is 0 Å². The van der Waals surface area contributed by atoms with E-state index in [4.69, 9.17) is 4.74 Å². The third-order valence-electron chi connectivity index (χ3n) is 5.30. The summed E-state index contributed by atoms with van der Waals surface area (Å²) in [6.45, 7) is 0. The van der Waals surface area contributed by atoms with Gasteiger partial charge in [-0.1, -0.05) is 36.4 Å². The average molecular weight is 371 g/mol. The molecule has 1 atom stereocenters. The van der Waals surface area contributed by atoms with E-state index in [1.165, 1.54) is 6.42 Å². The standard InChI is InChI=1S/C23H21N3O2/c27-22(19-14-17-10-4-5-11-18(17)24-19)25-23-20-12-6-7-13-26(20)21(15-28-23)16-8-2-1-3-9-16/h2,4-8,10-16,24H,1,3,9H2,(H,25,27)/t16-/m0/s1. The third-order valence-corrected chi connectivity index (χ3v) is 5.30. The molecule has 1 aromatic carbocycles. The molecule has 0 saturated carbocycles. The first-order valence-corrected chi connectivity index (χ1v) is 9.60. The highest BCUT2D eigenvalue weighted by Crippen LogP contribution is 2.35. The number of H-pyrrole nitrogens is 1. The number of para-hydroxylation sites is 1. The van der Waals surface area contributed by atoms with Crippen LogP contribution in [0.1, 0.15) is 29.8 Å². The second kappa shape index (κ2) is 6.93. The highest BCUT2D eigenvalue weighted by molar-refractivity contribution is 5.98. The number of carbonyl (C=O) groups excluding carboxylic acids is 1. The fourth-order valence-corrected chi connectivity index (χ4v) is 3.87. The van der Waals surface area contributed by atoms with Crippen LogP contribution in [0.15, 0.2) is 90.5 Å². The Morgan fingerprint density at radius 1 is 1.25 bits per heavy atom. The predicted molar refractivity (Wildman–Crippen MR) is 109 cm³/mol. The summed E-state index contributed by atoms with van der Waals surface area (Å²) in [5, 5.41) is 3.92. The third kappa shape index (κ3) is 2.95. The molecule has 3 heterocycles. The van der Waals surface area contributed by atoms with Crippen molar-refractivity contribution >= 4 is 16.8 Å². The number of allylic oxidation sites excluding steroid dienone is 5. The minimum Gasteiger partial charge on any atom is -0.445 e. The summed E-state index contributed by atoms with van der Waals surface area (Å²) < 4.78 is 5.89. The van der Waals surface area contributed by atoms with Gasteiger partial charge in [-0.3, -0.25) is 10.1 Å². The molecule has 0 spiro atoms. The molecule has 2 aromatic rings. The molecule has 2 aliphatic heterocycles. The SMILES string of the molecule is O=C(NC1=C2C=CC=CN2C([C@H]2C=CCCC2)=CO1)c1cc2ccccc2[nH]1. The number of benzene rings is 1. The fourth-order valence-electron chi connectivity index (χ4n) is 3.87. The maximum absolute atomic E-state index is 12.8. The molecule has 5 nitrogen and oxygen atoms in total. The summed E-state index contributed by atoms with van der Waals surface area (Å²) >= 11 is 0. The summed E-state index contributed by atoms with van der Waals surface area (Å²) in [5.74, 6) is 0.537. The second-order valence-electron chi connectivity index (χ2n) is 7.14.